The van der Waals surface area contributed by atoms with Crippen molar-refractivity contribution in [3.63, 3.8) is 0 Å². The summed E-state index contributed by atoms with van der Waals surface area (Å²) in [4.78, 5) is 31.0. The number of nitrogens with one attached hydrogen (secondary N) is 1. The molecule has 0 bridgehead atoms. The maximum absolute atomic E-state index is 13.5. The van der Waals surface area contributed by atoms with Crippen LogP contribution in [-0.2, 0) is 6.54 Å². The Morgan fingerprint density at radius 3 is 2.26 bits per heavy atom. The number of hydrogen-bond acceptors (Lipinski definition) is 2. The fraction of sp³-hybridized carbons (Fsp3) is 0.182. The number of aromatic nitrogens is 1. The zero-order chi connectivity index (χ0) is 19.6. The second-order valence-electron chi connectivity index (χ2n) is 6.53. The Morgan fingerprint density at radius 2 is 1.59 bits per heavy atom. The Labute approximate surface area is 163 Å². The Bertz CT molecular complexity index is 1040. The summed E-state index contributed by atoms with van der Waals surface area (Å²) in [5.74, 6) is -0.367. The maximum Gasteiger partial charge on any atom is 0.264 e. The number of H-pyrrole nitrogens is 1. The molecule has 3 rings (SSSR count). The van der Waals surface area contributed by atoms with E-state index in [2.05, 4.69) is 4.98 Å². The Kier molecular flexibility index (Phi) is 5.47. The molecular formula is C22H21ClN2O2. The first-order chi connectivity index (χ1) is 12.9. The number of halogens is 1. The van der Waals surface area contributed by atoms with Gasteiger partial charge in [0.2, 0.25) is 0 Å². The van der Waals surface area contributed by atoms with E-state index in [0.29, 0.717) is 28.5 Å². The number of amides is 1. The molecule has 5 heteroatoms. The summed E-state index contributed by atoms with van der Waals surface area (Å²) in [7, 11) is 0. The minimum atomic E-state index is -0.367. The van der Waals surface area contributed by atoms with Gasteiger partial charge in [0.1, 0.15) is 5.56 Å². The highest BCUT2D eigenvalue weighted by Crippen LogP contribution is 2.28. The van der Waals surface area contributed by atoms with Crippen molar-refractivity contribution in [1.82, 2.24) is 4.98 Å². The van der Waals surface area contributed by atoms with Crippen LogP contribution < -0.4 is 10.3 Å². The smallest absolute Gasteiger partial charge is 0.264 e. The molecule has 138 valence electrons. The number of anilines is 1. The first kappa shape index (κ1) is 18.9. The van der Waals surface area contributed by atoms with E-state index in [4.69, 9.17) is 11.6 Å². The van der Waals surface area contributed by atoms with Crippen molar-refractivity contribution in [3.05, 3.63) is 97.9 Å². The van der Waals surface area contributed by atoms with Crippen molar-refractivity contribution in [1.29, 1.82) is 0 Å². The minimum Gasteiger partial charge on any atom is -0.362 e. The van der Waals surface area contributed by atoms with Gasteiger partial charge in [-0.05, 0) is 38.5 Å². The van der Waals surface area contributed by atoms with E-state index in [-0.39, 0.29) is 16.9 Å². The third kappa shape index (κ3) is 3.81. The van der Waals surface area contributed by atoms with Crippen LogP contribution in [0.15, 0.2) is 59.4 Å². The van der Waals surface area contributed by atoms with Crippen molar-refractivity contribution < 1.29 is 4.79 Å². The second kappa shape index (κ2) is 7.80. The summed E-state index contributed by atoms with van der Waals surface area (Å²) in [6, 6.07) is 16.8. The van der Waals surface area contributed by atoms with Gasteiger partial charge in [-0.1, -0.05) is 54.1 Å². The molecule has 0 radical (unpaired) electrons. The Hall–Kier alpha value is -2.85. The average molecular weight is 381 g/mol. The van der Waals surface area contributed by atoms with Gasteiger partial charge in [-0.25, -0.2) is 0 Å². The van der Waals surface area contributed by atoms with Crippen molar-refractivity contribution >= 4 is 23.2 Å². The molecule has 0 unspecified atom stereocenters. The van der Waals surface area contributed by atoms with E-state index in [1.807, 2.05) is 49.4 Å². The predicted molar refractivity (Wildman–Crippen MR) is 110 cm³/mol. The normalized spacial score (nSPS) is 10.7. The van der Waals surface area contributed by atoms with Crippen molar-refractivity contribution in [2.45, 2.75) is 27.3 Å². The van der Waals surface area contributed by atoms with E-state index in [1.54, 1.807) is 30.9 Å². The molecule has 1 aromatic heterocycles. The minimum absolute atomic E-state index is 0.147. The summed E-state index contributed by atoms with van der Waals surface area (Å²) in [5.41, 5.74) is 3.28. The molecule has 1 N–H and O–H groups in total. The van der Waals surface area contributed by atoms with Gasteiger partial charge in [0.25, 0.3) is 5.91 Å². The monoisotopic (exact) mass is 380 g/mol. The van der Waals surface area contributed by atoms with Gasteiger partial charge >= 0.3 is 0 Å². The summed E-state index contributed by atoms with van der Waals surface area (Å²) in [6.45, 7) is 5.61. The highest BCUT2D eigenvalue weighted by atomic mass is 35.5. The van der Waals surface area contributed by atoms with Crippen LogP contribution in [0.4, 0.5) is 5.69 Å². The van der Waals surface area contributed by atoms with Crippen LogP contribution >= 0.6 is 11.6 Å². The SMILES string of the molecule is Cc1[nH]c(C)c(C(=O)N(Cc2ccccc2)c2ccccc2Cl)c(=O)c1C. The number of hydrogen-bond donors (Lipinski definition) is 1. The van der Waals surface area contributed by atoms with Crippen LogP contribution in [0.1, 0.15) is 32.9 Å². The fourth-order valence-corrected chi connectivity index (χ4v) is 3.30. The summed E-state index contributed by atoms with van der Waals surface area (Å²) >= 11 is 6.37. The van der Waals surface area contributed by atoms with E-state index in [9.17, 15) is 9.59 Å². The number of carbonyl (C=O) groups excluding carboxylic acids is 1. The number of carbonyl (C=O) groups is 1. The van der Waals surface area contributed by atoms with Gasteiger partial charge < -0.3 is 9.88 Å². The van der Waals surface area contributed by atoms with Crippen molar-refractivity contribution in [2.24, 2.45) is 0 Å². The van der Waals surface area contributed by atoms with Crippen molar-refractivity contribution in [2.75, 3.05) is 4.90 Å². The lowest BCUT2D eigenvalue weighted by Gasteiger charge is -2.25. The molecule has 2 aromatic carbocycles. The van der Waals surface area contributed by atoms with Gasteiger partial charge in [0, 0.05) is 17.0 Å². The molecule has 1 amide bonds. The zero-order valence-corrected chi connectivity index (χ0v) is 16.3. The molecule has 0 fully saturated rings. The first-order valence-electron chi connectivity index (χ1n) is 8.70. The molecular weight excluding hydrogens is 360 g/mol. The van der Waals surface area contributed by atoms with Gasteiger partial charge in [-0.15, -0.1) is 0 Å². The molecule has 0 saturated carbocycles. The number of nitrogens with zero attached hydrogens (tertiary/aromatic N) is 1. The van der Waals surface area contributed by atoms with Crippen LogP contribution in [0.5, 0.6) is 0 Å². The number of pyridine rings is 1. The van der Waals surface area contributed by atoms with E-state index < -0.39 is 0 Å². The number of aromatic amines is 1. The number of aryl methyl sites for hydroxylation is 2. The topological polar surface area (TPSA) is 53.2 Å². The number of para-hydroxylation sites is 1. The molecule has 0 aliphatic heterocycles. The van der Waals surface area contributed by atoms with E-state index in [0.717, 1.165) is 11.3 Å². The molecule has 0 saturated heterocycles. The fourth-order valence-electron chi connectivity index (χ4n) is 3.06. The van der Waals surface area contributed by atoms with Crippen LogP contribution in [0, 0.1) is 20.8 Å². The third-order valence-corrected chi connectivity index (χ3v) is 4.99. The summed E-state index contributed by atoms with van der Waals surface area (Å²) < 4.78 is 0. The Balaban J connectivity index is 2.14. The highest BCUT2D eigenvalue weighted by molar-refractivity contribution is 6.34. The lowest BCUT2D eigenvalue weighted by atomic mass is 10.1. The first-order valence-corrected chi connectivity index (χ1v) is 9.08. The number of rotatable bonds is 4. The molecule has 1 heterocycles. The molecule has 3 aromatic rings. The van der Waals surface area contributed by atoms with E-state index >= 15 is 0 Å². The second-order valence-corrected chi connectivity index (χ2v) is 6.94. The van der Waals surface area contributed by atoms with Gasteiger partial charge in [0.15, 0.2) is 5.43 Å². The third-order valence-electron chi connectivity index (χ3n) is 4.67. The van der Waals surface area contributed by atoms with E-state index in [1.165, 1.54) is 0 Å². The molecule has 0 spiro atoms. The van der Waals surface area contributed by atoms with Gasteiger partial charge in [-0.2, -0.15) is 0 Å². The summed E-state index contributed by atoms with van der Waals surface area (Å²) in [5, 5.41) is 0.458. The highest BCUT2D eigenvalue weighted by Gasteiger charge is 2.25. The summed E-state index contributed by atoms with van der Waals surface area (Å²) in [6.07, 6.45) is 0. The zero-order valence-electron chi connectivity index (χ0n) is 15.5. The molecule has 0 aliphatic carbocycles. The van der Waals surface area contributed by atoms with Gasteiger partial charge in [0.05, 0.1) is 17.3 Å². The molecule has 0 atom stereocenters. The predicted octanol–water partition coefficient (Wildman–Crippen LogP) is 4.80. The van der Waals surface area contributed by atoms with Crippen molar-refractivity contribution in [3.8, 4) is 0 Å². The van der Waals surface area contributed by atoms with Crippen LogP contribution in [0.2, 0.25) is 5.02 Å². The Morgan fingerprint density at radius 1 is 0.963 bits per heavy atom. The lowest BCUT2D eigenvalue weighted by molar-refractivity contribution is 0.0983. The van der Waals surface area contributed by atoms with Crippen LogP contribution in [0.25, 0.3) is 0 Å². The van der Waals surface area contributed by atoms with Gasteiger partial charge in [-0.3, -0.25) is 9.59 Å². The standard InChI is InChI=1S/C22H21ClN2O2/c1-14-15(2)24-16(3)20(21(14)26)22(27)25(13-17-9-5-4-6-10-17)19-12-8-7-11-18(19)23/h4-12H,13H2,1-3H3,(H,24,26). The van der Waals surface area contributed by atoms with Crippen LogP contribution in [-0.4, -0.2) is 10.9 Å². The maximum atomic E-state index is 13.5. The quantitative estimate of drug-likeness (QED) is 0.706. The number of benzene rings is 2. The lowest BCUT2D eigenvalue weighted by Crippen LogP contribution is -2.36. The molecule has 4 nitrogen and oxygen atoms in total. The molecule has 0 aliphatic rings. The van der Waals surface area contributed by atoms with Crippen LogP contribution in [0.3, 0.4) is 0 Å². The largest absolute Gasteiger partial charge is 0.362 e. The average Bonchev–Trinajstić information content (AvgIpc) is 2.66. The molecule has 27 heavy (non-hydrogen) atoms.